The first-order valence-electron chi connectivity index (χ1n) is 5.08. The van der Waals surface area contributed by atoms with Gasteiger partial charge in [-0.15, -0.1) is 0 Å². The van der Waals surface area contributed by atoms with Crippen LogP contribution in [0.1, 0.15) is 20.3 Å². The molecular formula is C13H14O. The molecule has 0 aromatic heterocycles. The third kappa shape index (κ3) is 0.759. The summed E-state index contributed by atoms with van der Waals surface area (Å²) >= 11 is 0. The largest absolute Gasteiger partial charge is 0.508 e. The third-order valence-corrected chi connectivity index (χ3v) is 3.66. The lowest BCUT2D eigenvalue weighted by Gasteiger charge is -2.28. The van der Waals surface area contributed by atoms with Crippen LogP contribution in [0.5, 0.6) is 0 Å². The summed E-state index contributed by atoms with van der Waals surface area (Å²) in [5.74, 6) is 0.446. The predicted molar refractivity (Wildman–Crippen MR) is 56.8 cm³/mol. The van der Waals surface area contributed by atoms with E-state index in [1.807, 2.05) is 6.08 Å². The Morgan fingerprint density at radius 3 is 2.79 bits per heavy atom. The highest BCUT2D eigenvalue weighted by Gasteiger charge is 2.47. The zero-order valence-corrected chi connectivity index (χ0v) is 8.54. The van der Waals surface area contributed by atoms with E-state index in [0.717, 1.165) is 12.0 Å². The number of rotatable bonds is 0. The molecule has 0 aromatic carbocycles. The van der Waals surface area contributed by atoms with Crippen LogP contribution in [0, 0.1) is 10.8 Å². The van der Waals surface area contributed by atoms with Crippen LogP contribution in [0.25, 0.3) is 0 Å². The van der Waals surface area contributed by atoms with Crippen molar-refractivity contribution >= 4 is 0 Å². The Kier molecular flexibility index (Phi) is 1.19. The highest BCUT2D eigenvalue weighted by Crippen LogP contribution is 2.58. The molecule has 3 rings (SSSR count). The minimum absolute atomic E-state index is 0.102. The van der Waals surface area contributed by atoms with Crippen molar-refractivity contribution in [2.24, 2.45) is 10.8 Å². The van der Waals surface area contributed by atoms with Crippen molar-refractivity contribution < 1.29 is 5.11 Å². The molecule has 1 unspecified atom stereocenters. The summed E-state index contributed by atoms with van der Waals surface area (Å²) in [7, 11) is 0. The SMILES string of the molecule is CC1(C)C=CC23C=CC(O)=C(C=C12)C3. The van der Waals surface area contributed by atoms with E-state index in [-0.39, 0.29) is 10.8 Å². The van der Waals surface area contributed by atoms with Gasteiger partial charge in [-0.05, 0) is 23.6 Å². The van der Waals surface area contributed by atoms with E-state index in [4.69, 9.17) is 0 Å². The monoisotopic (exact) mass is 186 g/mol. The normalized spacial score (nSPS) is 36.3. The summed E-state index contributed by atoms with van der Waals surface area (Å²) < 4.78 is 0. The summed E-state index contributed by atoms with van der Waals surface area (Å²) in [5.41, 5.74) is 2.78. The second-order valence-corrected chi connectivity index (χ2v) is 5.07. The average Bonchev–Trinajstić information content (AvgIpc) is 2.57. The molecule has 3 aliphatic rings. The molecule has 2 bridgehead atoms. The number of aliphatic hydroxyl groups excluding tert-OH is 1. The molecule has 3 aliphatic carbocycles. The lowest BCUT2D eigenvalue weighted by atomic mass is 9.75. The second-order valence-electron chi connectivity index (χ2n) is 5.07. The zero-order valence-electron chi connectivity index (χ0n) is 8.54. The van der Waals surface area contributed by atoms with Gasteiger partial charge in [0.05, 0.1) is 0 Å². The van der Waals surface area contributed by atoms with E-state index in [1.54, 1.807) is 0 Å². The first-order valence-corrected chi connectivity index (χ1v) is 5.08. The van der Waals surface area contributed by atoms with E-state index in [1.165, 1.54) is 5.57 Å². The lowest BCUT2D eigenvalue weighted by molar-refractivity contribution is 0.411. The van der Waals surface area contributed by atoms with Gasteiger partial charge in [0.1, 0.15) is 5.76 Å². The van der Waals surface area contributed by atoms with Crippen molar-refractivity contribution in [3.05, 3.63) is 47.3 Å². The maximum Gasteiger partial charge on any atom is 0.118 e. The molecule has 1 atom stereocenters. The Balaban J connectivity index is 2.24. The van der Waals surface area contributed by atoms with Crippen molar-refractivity contribution in [2.45, 2.75) is 20.3 Å². The average molecular weight is 186 g/mol. The lowest BCUT2D eigenvalue weighted by Crippen LogP contribution is -2.19. The van der Waals surface area contributed by atoms with E-state index in [2.05, 4.69) is 38.2 Å². The number of fused-ring (bicyclic) bond motifs is 1. The molecule has 0 radical (unpaired) electrons. The third-order valence-electron chi connectivity index (χ3n) is 3.66. The highest BCUT2D eigenvalue weighted by atomic mass is 16.3. The molecule has 72 valence electrons. The Labute approximate surface area is 84.1 Å². The minimum atomic E-state index is 0.102. The Bertz CT molecular complexity index is 432. The van der Waals surface area contributed by atoms with Crippen molar-refractivity contribution in [1.29, 1.82) is 0 Å². The van der Waals surface area contributed by atoms with Gasteiger partial charge in [-0.3, -0.25) is 0 Å². The molecular weight excluding hydrogens is 172 g/mol. The van der Waals surface area contributed by atoms with Gasteiger partial charge in [0, 0.05) is 10.8 Å². The van der Waals surface area contributed by atoms with Gasteiger partial charge in [-0.25, -0.2) is 0 Å². The number of aliphatic hydroxyl groups is 1. The molecule has 1 nitrogen and oxygen atoms in total. The summed E-state index contributed by atoms with van der Waals surface area (Å²) in [5, 5.41) is 9.64. The summed E-state index contributed by atoms with van der Waals surface area (Å²) in [6.07, 6.45) is 11.7. The van der Waals surface area contributed by atoms with Crippen LogP contribution in [0.15, 0.2) is 47.3 Å². The van der Waals surface area contributed by atoms with E-state index >= 15 is 0 Å². The van der Waals surface area contributed by atoms with Crippen molar-refractivity contribution in [2.75, 3.05) is 0 Å². The fraction of sp³-hybridized carbons (Fsp3) is 0.385. The fourth-order valence-electron chi connectivity index (χ4n) is 2.85. The van der Waals surface area contributed by atoms with Crippen LogP contribution in [0.2, 0.25) is 0 Å². The quantitative estimate of drug-likeness (QED) is 0.575. The molecule has 1 spiro atoms. The summed E-state index contributed by atoms with van der Waals surface area (Å²) in [6.45, 7) is 4.46. The topological polar surface area (TPSA) is 20.2 Å². The van der Waals surface area contributed by atoms with E-state index in [9.17, 15) is 5.11 Å². The maximum absolute atomic E-state index is 9.64. The van der Waals surface area contributed by atoms with E-state index < -0.39 is 0 Å². The van der Waals surface area contributed by atoms with Gasteiger partial charge in [-0.1, -0.05) is 38.2 Å². The standard InChI is InChI=1S/C13H14O/c1-12(2)5-6-13-4-3-10(14)9(8-13)7-11(12)13/h3-7,14H,8H2,1-2H3. The number of allylic oxidation sites excluding steroid dienone is 7. The molecule has 0 fully saturated rings. The van der Waals surface area contributed by atoms with Gasteiger partial charge in [0.2, 0.25) is 0 Å². The zero-order chi connectivity index (χ0) is 9.97. The first kappa shape index (κ1) is 8.10. The molecule has 1 N–H and O–H groups in total. The number of hydrogen-bond acceptors (Lipinski definition) is 1. The molecule has 0 aliphatic heterocycles. The predicted octanol–water partition coefficient (Wildman–Crippen LogP) is 3.28. The van der Waals surface area contributed by atoms with E-state index in [0.29, 0.717) is 5.76 Å². The smallest absolute Gasteiger partial charge is 0.118 e. The van der Waals surface area contributed by atoms with Crippen LogP contribution in [0.3, 0.4) is 0 Å². The molecule has 0 saturated carbocycles. The van der Waals surface area contributed by atoms with Gasteiger partial charge in [0.15, 0.2) is 0 Å². The second kappa shape index (κ2) is 2.05. The van der Waals surface area contributed by atoms with Crippen LogP contribution in [0.4, 0.5) is 0 Å². The Hall–Kier alpha value is -1.24. The van der Waals surface area contributed by atoms with Gasteiger partial charge in [-0.2, -0.15) is 0 Å². The fourth-order valence-corrected chi connectivity index (χ4v) is 2.85. The molecule has 0 aromatic rings. The minimum Gasteiger partial charge on any atom is -0.508 e. The van der Waals surface area contributed by atoms with Crippen LogP contribution in [-0.4, -0.2) is 5.11 Å². The van der Waals surface area contributed by atoms with Crippen molar-refractivity contribution in [3.63, 3.8) is 0 Å². The van der Waals surface area contributed by atoms with Crippen molar-refractivity contribution in [1.82, 2.24) is 0 Å². The van der Waals surface area contributed by atoms with Crippen LogP contribution < -0.4 is 0 Å². The Morgan fingerprint density at radius 1 is 1.21 bits per heavy atom. The van der Waals surface area contributed by atoms with Crippen molar-refractivity contribution in [3.8, 4) is 0 Å². The van der Waals surface area contributed by atoms with Gasteiger partial charge in [0.25, 0.3) is 0 Å². The summed E-state index contributed by atoms with van der Waals surface area (Å²) in [6, 6.07) is 0. The van der Waals surface area contributed by atoms with Crippen LogP contribution in [-0.2, 0) is 0 Å². The molecule has 14 heavy (non-hydrogen) atoms. The summed E-state index contributed by atoms with van der Waals surface area (Å²) in [4.78, 5) is 0. The van der Waals surface area contributed by atoms with Gasteiger partial charge < -0.3 is 5.11 Å². The maximum atomic E-state index is 9.64. The highest BCUT2D eigenvalue weighted by molar-refractivity contribution is 5.57. The molecule has 0 saturated heterocycles. The van der Waals surface area contributed by atoms with Crippen LogP contribution >= 0.6 is 0 Å². The number of hydrogen-bond donors (Lipinski definition) is 1. The van der Waals surface area contributed by atoms with Gasteiger partial charge >= 0.3 is 0 Å². The molecule has 0 amide bonds. The molecule has 0 heterocycles. The first-order chi connectivity index (χ1) is 6.54. The molecule has 1 heteroatoms. The Morgan fingerprint density at radius 2 is 2.00 bits per heavy atom.